The van der Waals surface area contributed by atoms with Crippen LogP contribution in [0.1, 0.15) is 36.9 Å². The lowest BCUT2D eigenvalue weighted by molar-refractivity contribution is -0.138. The van der Waals surface area contributed by atoms with Gasteiger partial charge in [0, 0.05) is 38.7 Å². The molecule has 0 saturated carbocycles. The van der Waals surface area contributed by atoms with Gasteiger partial charge >= 0.3 is 0 Å². The van der Waals surface area contributed by atoms with E-state index in [9.17, 15) is 14.4 Å². The zero-order valence-electron chi connectivity index (χ0n) is 19.4. The van der Waals surface area contributed by atoms with Gasteiger partial charge in [-0.3, -0.25) is 4.79 Å². The lowest BCUT2D eigenvalue weighted by Gasteiger charge is -2.35. The molecule has 0 bridgehead atoms. The fraction of sp³-hybridized carbons (Fsp3) is 0.423. The number of nitrogens with zero attached hydrogens (tertiary/aromatic N) is 4. The first kappa shape index (κ1) is 23.1. The number of amides is 1. The highest BCUT2D eigenvalue weighted by Gasteiger charge is 2.33. The number of carbonyl (C=O) groups is 1. The van der Waals surface area contributed by atoms with Crippen LogP contribution in [0, 0.1) is 23.1 Å². The Morgan fingerprint density at radius 2 is 2.09 bits per heavy atom. The van der Waals surface area contributed by atoms with Gasteiger partial charge in [-0.15, -0.1) is 0 Å². The standard InChI is InChI=1S/C26H27FN4O4/c27-20-5-1-4-18(14-20)16-31(17-21-6-2-12-33-21)25(32)19-8-10-30(11-9-19)26-22(15-28)29-24(35-26)23-7-3-13-34-23/h1,3-5,7,13-14,19,21H,2,6,8-12,16-17H2. The molecule has 1 atom stereocenters. The van der Waals surface area contributed by atoms with Crippen molar-refractivity contribution in [2.24, 2.45) is 5.92 Å². The van der Waals surface area contributed by atoms with Crippen molar-refractivity contribution < 1.29 is 22.8 Å². The first-order valence-corrected chi connectivity index (χ1v) is 12.0. The number of furan rings is 1. The van der Waals surface area contributed by atoms with Crippen LogP contribution in [0.2, 0.25) is 0 Å². The Balaban J connectivity index is 1.27. The molecule has 9 heteroatoms. The lowest BCUT2D eigenvalue weighted by Crippen LogP contribution is -2.44. The van der Waals surface area contributed by atoms with E-state index in [1.807, 2.05) is 15.9 Å². The maximum atomic E-state index is 13.8. The van der Waals surface area contributed by atoms with E-state index < -0.39 is 0 Å². The van der Waals surface area contributed by atoms with Gasteiger partial charge in [-0.25, -0.2) is 4.39 Å². The molecule has 2 aromatic heterocycles. The highest BCUT2D eigenvalue weighted by atomic mass is 19.1. The summed E-state index contributed by atoms with van der Waals surface area (Å²) in [7, 11) is 0. The molecular weight excluding hydrogens is 451 g/mol. The highest BCUT2D eigenvalue weighted by Crippen LogP contribution is 2.32. The number of carbonyl (C=O) groups excluding carboxylic acids is 1. The molecule has 1 amide bonds. The van der Waals surface area contributed by atoms with E-state index in [0.717, 1.165) is 18.4 Å². The van der Waals surface area contributed by atoms with Crippen molar-refractivity contribution >= 4 is 11.8 Å². The molecule has 3 aromatic rings. The van der Waals surface area contributed by atoms with Gasteiger partial charge in [0.05, 0.1) is 12.4 Å². The minimum atomic E-state index is -0.311. The normalized spacial score (nSPS) is 18.5. The summed E-state index contributed by atoms with van der Waals surface area (Å²) >= 11 is 0. The van der Waals surface area contributed by atoms with Crippen LogP contribution in [0.15, 0.2) is 51.5 Å². The molecule has 2 fully saturated rings. The van der Waals surface area contributed by atoms with Gasteiger partial charge in [-0.2, -0.15) is 10.2 Å². The van der Waals surface area contributed by atoms with E-state index in [1.165, 1.54) is 18.4 Å². The largest absolute Gasteiger partial charge is 0.459 e. The number of ether oxygens (including phenoxy) is 1. The van der Waals surface area contributed by atoms with Gasteiger partial charge < -0.3 is 23.4 Å². The molecule has 2 aliphatic rings. The molecular formula is C26H27FN4O4. The Morgan fingerprint density at radius 3 is 2.77 bits per heavy atom. The number of rotatable bonds is 7. The summed E-state index contributed by atoms with van der Waals surface area (Å²) < 4.78 is 30.7. The molecule has 0 N–H and O–H groups in total. The Kier molecular flexibility index (Phi) is 6.82. The van der Waals surface area contributed by atoms with E-state index in [2.05, 4.69) is 11.1 Å². The molecule has 182 valence electrons. The Bertz CT molecular complexity index is 1190. The Morgan fingerprint density at radius 1 is 1.23 bits per heavy atom. The molecule has 1 aromatic carbocycles. The minimum absolute atomic E-state index is 0.0139. The first-order valence-electron chi connectivity index (χ1n) is 12.0. The van der Waals surface area contributed by atoms with Crippen molar-refractivity contribution in [1.29, 1.82) is 5.26 Å². The van der Waals surface area contributed by atoms with Crippen LogP contribution < -0.4 is 4.90 Å². The third kappa shape index (κ3) is 5.23. The highest BCUT2D eigenvalue weighted by molar-refractivity contribution is 5.79. The summed E-state index contributed by atoms with van der Waals surface area (Å²) in [5.74, 6) is 0.700. The first-order chi connectivity index (χ1) is 17.1. The van der Waals surface area contributed by atoms with E-state index in [0.29, 0.717) is 57.3 Å². The molecule has 2 saturated heterocycles. The maximum absolute atomic E-state index is 13.8. The van der Waals surface area contributed by atoms with Crippen molar-refractivity contribution in [3.05, 3.63) is 59.7 Å². The zero-order valence-corrected chi connectivity index (χ0v) is 19.4. The SMILES string of the molecule is N#Cc1nc(-c2ccco2)oc1N1CCC(C(=O)N(Cc2cccc(F)c2)CC2CCCO2)CC1. The molecule has 2 aliphatic heterocycles. The number of piperidine rings is 1. The quantitative estimate of drug-likeness (QED) is 0.498. The molecule has 0 radical (unpaired) electrons. The van der Waals surface area contributed by atoms with Gasteiger partial charge in [0.1, 0.15) is 11.9 Å². The summed E-state index contributed by atoms with van der Waals surface area (Å²) in [5.41, 5.74) is 0.965. The van der Waals surface area contributed by atoms with Gasteiger partial charge in [0.25, 0.3) is 5.89 Å². The number of hydrogen-bond acceptors (Lipinski definition) is 7. The van der Waals surface area contributed by atoms with Gasteiger partial charge in [0.15, 0.2) is 5.76 Å². The molecule has 1 unspecified atom stereocenters. The average molecular weight is 479 g/mol. The van der Waals surface area contributed by atoms with E-state index in [-0.39, 0.29) is 35.3 Å². The van der Waals surface area contributed by atoms with E-state index in [4.69, 9.17) is 13.6 Å². The fourth-order valence-electron chi connectivity index (χ4n) is 4.81. The zero-order chi connectivity index (χ0) is 24.2. The summed E-state index contributed by atoms with van der Waals surface area (Å²) in [4.78, 5) is 21.6. The second-order valence-electron chi connectivity index (χ2n) is 9.01. The van der Waals surface area contributed by atoms with Crippen molar-refractivity contribution in [2.45, 2.75) is 38.3 Å². The van der Waals surface area contributed by atoms with Crippen LogP contribution >= 0.6 is 0 Å². The van der Waals surface area contributed by atoms with Gasteiger partial charge in [-0.1, -0.05) is 12.1 Å². The monoisotopic (exact) mass is 478 g/mol. The van der Waals surface area contributed by atoms with Crippen LogP contribution in [0.25, 0.3) is 11.7 Å². The number of anilines is 1. The number of halogens is 1. The third-order valence-electron chi connectivity index (χ3n) is 6.60. The molecule has 0 spiro atoms. The predicted molar refractivity (Wildman–Crippen MR) is 125 cm³/mol. The van der Waals surface area contributed by atoms with Crippen molar-refractivity contribution in [3.8, 4) is 17.7 Å². The minimum Gasteiger partial charge on any atom is -0.459 e. The summed E-state index contributed by atoms with van der Waals surface area (Å²) in [6.07, 6.45) is 4.68. The topological polar surface area (TPSA) is 95.7 Å². The van der Waals surface area contributed by atoms with Crippen LogP contribution in [0.3, 0.4) is 0 Å². The van der Waals surface area contributed by atoms with Gasteiger partial charge in [-0.05, 0) is 55.5 Å². The number of nitriles is 1. The second-order valence-corrected chi connectivity index (χ2v) is 9.01. The summed E-state index contributed by atoms with van der Waals surface area (Å²) in [5, 5.41) is 9.54. The van der Waals surface area contributed by atoms with Crippen molar-refractivity contribution in [2.75, 3.05) is 31.1 Å². The maximum Gasteiger partial charge on any atom is 0.266 e. The molecule has 8 nitrogen and oxygen atoms in total. The lowest BCUT2D eigenvalue weighted by atomic mass is 9.94. The second kappa shape index (κ2) is 10.3. The van der Waals surface area contributed by atoms with Gasteiger partial charge in [0.2, 0.25) is 17.5 Å². The molecule has 0 aliphatic carbocycles. The van der Waals surface area contributed by atoms with Crippen LogP contribution in [0.5, 0.6) is 0 Å². The van der Waals surface area contributed by atoms with Crippen LogP contribution in [0.4, 0.5) is 10.3 Å². The molecule has 35 heavy (non-hydrogen) atoms. The fourth-order valence-corrected chi connectivity index (χ4v) is 4.81. The molecule has 5 rings (SSSR count). The van der Waals surface area contributed by atoms with Crippen LogP contribution in [-0.4, -0.2) is 48.1 Å². The van der Waals surface area contributed by atoms with Crippen LogP contribution in [-0.2, 0) is 16.1 Å². The number of aromatic nitrogens is 1. The third-order valence-corrected chi connectivity index (χ3v) is 6.60. The average Bonchev–Trinajstić information content (AvgIpc) is 3.65. The van der Waals surface area contributed by atoms with E-state index >= 15 is 0 Å². The smallest absolute Gasteiger partial charge is 0.266 e. The number of benzene rings is 1. The van der Waals surface area contributed by atoms with Crippen molar-refractivity contribution in [3.63, 3.8) is 0 Å². The number of hydrogen-bond donors (Lipinski definition) is 0. The summed E-state index contributed by atoms with van der Waals surface area (Å²) in [6.45, 7) is 2.69. The number of oxazole rings is 1. The van der Waals surface area contributed by atoms with Crippen molar-refractivity contribution in [1.82, 2.24) is 9.88 Å². The summed E-state index contributed by atoms with van der Waals surface area (Å²) in [6, 6.07) is 11.9. The molecule has 4 heterocycles. The Hall–Kier alpha value is -3.64. The Labute approximate surface area is 202 Å². The predicted octanol–water partition coefficient (Wildman–Crippen LogP) is 4.37. The van der Waals surface area contributed by atoms with E-state index in [1.54, 1.807) is 18.2 Å².